The van der Waals surface area contributed by atoms with Gasteiger partial charge in [0.1, 0.15) is 23.2 Å². The Hall–Kier alpha value is -4.91. The van der Waals surface area contributed by atoms with Crippen LogP contribution >= 0.6 is 15.9 Å². The molecule has 0 radical (unpaired) electrons. The number of imide groups is 1. The quantitative estimate of drug-likeness (QED) is 0.114. The van der Waals surface area contributed by atoms with E-state index in [1.165, 1.54) is 28.3 Å². The first-order chi connectivity index (χ1) is 30.7. The molecule has 1 unspecified atom stereocenters. The highest BCUT2D eigenvalue weighted by Crippen LogP contribution is 2.42. The van der Waals surface area contributed by atoms with E-state index in [4.69, 9.17) is 9.72 Å². The van der Waals surface area contributed by atoms with E-state index < -0.39 is 39.4 Å². The minimum atomic E-state index is -3.48. The van der Waals surface area contributed by atoms with E-state index in [9.17, 15) is 18.0 Å². The van der Waals surface area contributed by atoms with Crippen molar-refractivity contribution >= 4 is 72.3 Å². The largest absolute Gasteiger partial charge is 0.494 e. The van der Waals surface area contributed by atoms with Gasteiger partial charge in [-0.15, -0.1) is 0 Å². The normalized spacial score (nSPS) is 18.9. The number of benzene rings is 3. The van der Waals surface area contributed by atoms with Crippen molar-refractivity contribution in [2.75, 3.05) is 85.6 Å². The Labute approximate surface area is 382 Å². The molecule has 3 saturated heterocycles. The molecule has 14 nitrogen and oxygen atoms in total. The summed E-state index contributed by atoms with van der Waals surface area (Å²) in [6.45, 7) is 10.7. The summed E-state index contributed by atoms with van der Waals surface area (Å²) >= 11 is 3.59. The molecular weight excluding hydrogens is 909 g/mol. The maximum absolute atomic E-state index is 15.1. The Kier molecular flexibility index (Phi) is 13.8. The molecule has 5 heterocycles. The predicted molar refractivity (Wildman–Crippen MR) is 249 cm³/mol. The summed E-state index contributed by atoms with van der Waals surface area (Å²) in [6, 6.07) is 11.3. The van der Waals surface area contributed by atoms with Crippen LogP contribution in [0.15, 0.2) is 47.1 Å². The molecule has 0 saturated carbocycles. The van der Waals surface area contributed by atoms with Crippen molar-refractivity contribution in [3.05, 3.63) is 86.5 Å². The van der Waals surface area contributed by atoms with Crippen LogP contribution in [0, 0.1) is 11.6 Å². The van der Waals surface area contributed by atoms with Gasteiger partial charge < -0.3 is 25.2 Å². The van der Waals surface area contributed by atoms with E-state index >= 15 is 8.78 Å². The van der Waals surface area contributed by atoms with E-state index in [2.05, 4.69) is 77.5 Å². The molecule has 3 aromatic carbocycles. The molecule has 3 N–H and O–H groups in total. The van der Waals surface area contributed by atoms with Gasteiger partial charge in [-0.2, -0.15) is 4.98 Å². The number of amides is 2. The average Bonchev–Trinajstić information content (AvgIpc) is 3.75. The lowest BCUT2D eigenvalue weighted by Gasteiger charge is -2.43. The SMILES string of the molecule is CCc1cc(Nc2ncc(Br)c(Nc3ccc(CC)c4c3N(S(C)(=O)=O)CC4)n2)c(OC)cc1N1CCC(N2CCN(CCc3cc(F)c(C4CCC(=O)NC4=O)c(F)c3)CC2)CC1. The molecule has 0 aliphatic carbocycles. The number of nitrogens with zero attached hydrogens (tertiary/aromatic N) is 6. The van der Waals surface area contributed by atoms with Crippen LogP contribution in [0.25, 0.3) is 0 Å². The zero-order valence-corrected chi connectivity index (χ0v) is 39.2. The van der Waals surface area contributed by atoms with Crippen LogP contribution in [0.5, 0.6) is 5.75 Å². The highest BCUT2D eigenvalue weighted by molar-refractivity contribution is 9.10. The number of hydrogen-bond donors (Lipinski definition) is 3. The lowest BCUT2D eigenvalue weighted by atomic mass is 9.89. The zero-order valence-electron chi connectivity index (χ0n) is 36.8. The zero-order chi connectivity index (χ0) is 45.3. The number of rotatable bonds is 14. The van der Waals surface area contributed by atoms with Crippen LogP contribution in [-0.2, 0) is 45.3 Å². The fourth-order valence-corrected chi connectivity index (χ4v) is 11.0. The summed E-state index contributed by atoms with van der Waals surface area (Å²) in [6.07, 6.45) is 7.87. The fourth-order valence-electron chi connectivity index (χ4n) is 9.75. The van der Waals surface area contributed by atoms with Gasteiger partial charge in [-0.05, 0) is 107 Å². The highest BCUT2D eigenvalue weighted by atomic mass is 79.9. The Balaban J connectivity index is 0.868. The summed E-state index contributed by atoms with van der Waals surface area (Å²) < 4.78 is 63.8. The second kappa shape index (κ2) is 19.3. The lowest BCUT2D eigenvalue weighted by Crippen LogP contribution is -2.53. The number of sulfonamides is 1. The molecule has 1 aromatic heterocycles. The van der Waals surface area contributed by atoms with Crippen LogP contribution < -0.4 is 29.9 Å². The number of carbonyl (C=O) groups is 2. The molecule has 64 heavy (non-hydrogen) atoms. The van der Waals surface area contributed by atoms with Crippen molar-refractivity contribution in [2.45, 2.75) is 77.2 Å². The summed E-state index contributed by atoms with van der Waals surface area (Å²) in [5, 5.41) is 8.95. The number of nitrogens with one attached hydrogen (secondary N) is 3. The number of piperidine rings is 2. The number of aryl methyl sites for hydroxylation is 2. The topological polar surface area (TPSA) is 152 Å². The minimum absolute atomic E-state index is 0.0617. The molecule has 1 atom stereocenters. The molecule has 8 rings (SSSR count). The molecule has 4 aliphatic rings. The van der Waals surface area contributed by atoms with Gasteiger partial charge in [0.2, 0.25) is 27.8 Å². The standard InChI is InChI=1S/C46H56BrF2N9O5S/c1-5-29-7-9-37(43-32(29)14-18-58(43)64(4,61)62)51-44-34(47)27-50-46(54-44)52-38-25-30(6-2)39(26-40(38)63-3)57-16-12-31(13-17-57)56-21-19-55(20-22-56)15-11-28-23-35(48)42(36(49)24-28)33-8-10-41(59)53-45(33)60/h7,9,23-27,31,33H,5-6,8,10-22H2,1-4H3,(H,53,59,60)(H2,50,51,52,54). The van der Waals surface area contributed by atoms with Crippen LogP contribution in [0.4, 0.5) is 43.3 Å². The summed E-state index contributed by atoms with van der Waals surface area (Å²) in [4.78, 5) is 40.5. The predicted octanol–water partition coefficient (Wildman–Crippen LogP) is 6.81. The van der Waals surface area contributed by atoms with Crippen LogP contribution in [-0.4, -0.2) is 112 Å². The Bertz CT molecular complexity index is 2510. The van der Waals surface area contributed by atoms with Crippen molar-refractivity contribution in [3.8, 4) is 5.75 Å². The lowest BCUT2D eigenvalue weighted by molar-refractivity contribution is -0.134. The van der Waals surface area contributed by atoms with E-state index in [1.54, 1.807) is 13.3 Å². The third-order valence-corrected chi connectivity index (χ3v) is 14.9. The molecular formula is C46H56BrF2N9O5S. The summed E-state index contributed by atoms with van der Waals surface area (Å²) in [7, 11) is -1.83. The number of aromatic nitrogens is 2. The second-order valence-corrected chi connectivity index (χ2v) is 19.8. The molecule has 4 aliphatic heterocycles. The van der Waals surface area contributed by atoms with E-state index in [-0.39, 0.29) is 18.4 Å². The smallest absolute Gasteiger partial charge is 0.234 e. The fraction of sp³-hybridized carbons (Fsp3) is 0.478. The van der Waals surface area contributed by atoms with E-state index in [1.807, 2.05) is 12.1 Å². The number of carbonyl (C=O) groups excluding carboxylic acids is 2. The molecule has 342 valence electrons. The van der Waals surface area contributed by atoms with Crippen LogP contribution in [0.1, 0.15) is 73.3 Å². The second-order valence-electron chi connectivity index (χ2n) is 17.0. The molecule has 0 spiro atoms. The van der Waals surface area contributed by atoms with Crippen LogP contribution in [0.2, 0.25) is 0 Å². The Morgan fingerprint density at radius 2 is 1.61 bits per heavy atom. The minimum Gasteiger partial charge on any atom is -0.494 e. The van der Waals surface area contributed by atoms with E-state index in [0.29, 0.717) is 70.9 Å². The molecule has 0 bridgehead atoms. The molecule has 2 amide bonds. The number of methoxy groups -OCH3 is 1. The number of anilines is 6. The van der Waals surface area contributed by atoms with Crippen molar-refractivity contribution < 1.29 is 31.5 Å². The van der Waals surface area contributed by atoms with Gasteiger partial charge >= 0.3 is 0 Å². The molecule has 4 aromatic rings. The maximum atomic E-state index is 15.1. The first-order valence-electron chi connectivity index (χ1n) is 22.2. The highest BCUT2D eigenvalue weighted by Gasteiger charge is 2.34. The number of piperazine rings is 1. The first-order valence-corrected chi connectivity index (χ1v) is 24.8. The number of halogens is 3. The third kappa shape index (κ3) is 9.70. The van der Waals surface area contributed by atoms with Gasteiger partial charge in [-0.25, -0.2) is 22.2 Å². The van der Waals surface area contributed by atoms with Crippen LogP contribution in [0.3, 0.4) is 0 Å². The monoisotopic (exact) mass is 963 g/mol. The third-order valence-electron chi connectivity index (χ3n) is 13.2. The average molecular weight is 965 g/mol. The van der Waals surface area contributed by atoms with Crippen molar-refractivity contribution in [1.29, 1.82) is 0 Å². The van der Waals surface area contributed by atoms with Gasteiger partial charge in [-0.3, -0.25) is 24.1 Å². The van der Waals surface area contributed by atoms with Gasteiger partial charge in [0.15, 0.2) is 0 Å². The van der Waals surface area contributed by atoms with E-state index in [0.717, 1.165) is 87.5 Å². The van der Waals surface area contributed by atoms with Gasteiger partial charge in [-0.1, -0.05) is 19.9 Å². The van der Waals surface area contributed by atoms with Crippen molar-refractivity contribution in [2.24, 2.45) is 0 Å². The Morgan fingerprint density at radius 3 is 2.27 bits per heavy atom. The Morgan fingerprint density at radius 1 is 0.891 bits per heavy atom. The maximum Gasteiger partial charge on any atom is 0.234 e. The summed E-state index contributed by atoms with van der Waals surface area (Å²) in [5.41, 5.74) is 6.83. The van der Waals surface area contributed by atoms with Crippen molar-refractivity contribution in [1.82, 2.24) is 25.1 Å². The van der Waals surface area contributed by atoms with Gasteiger partial charge in [0.25, 0.3) is 0 Å². The molecule has 3 fully saturated rings. The number of fused-ring (bicyclic) bond motifs is 1. The van der Waals surface area contributed by atoms with Gasteiger partial charge in [0.05, 0.1) is 40.8 Å². The number of ether oxygens (including phenoxy) is 1. The van der Waals surface area contributed by atoms with Crippen molar-refractivity contribution in [3.63, 3.8) is 0 Å². The summed E-state index contributed by atoms with van der Waals surface area (Å²) in [5.74, 6) is -2.03. The van der Waals surface area contributed by atoms with Gasteiger partial charge in [0, 0.05) is 88.3 Å². The molecule has 18 heteroatoms. The number of hydrogen-bond acceptors (Lipinski definition) is 12. The first kappa shape index (κ1) is 45.7.